The fourth-order valence-corrected chi connectivity index (χ4v) is 4.93. The summed E-state index contributed by atoms with van der Waals surface area (Å²) in [7, 11) is 0. The summed E-state index contributed by atoms with van der Waals surface area (Å²) in [6.45, 7) is 3.53. The highest BCUT2D eigenvalue weighted by Crippen LogP contribution is 2.31. The second kappa shape index (κ2) is 8.40. The topological polar surface area (TPSA) is 49.6 Å². The smallest absolute Gasteiger partial charge is 0.253 e. The fourth-order valence-electron chi connectivity index (χ4n) is 4.80. The first kappa shape index (κ1) is 19.6. The summed E-state index contributed by atoms with van der Waals surface area (Å²) < 4.78 is 5.58. The minimum atomic E-state index is 0.0865. The standard InChI is InChI=1S/C24H26ClN3O2/c25-19-9-6-17(7-10-19)23-21-16-18(8-11-22(21)26-30-23)24(29)28-14-12-27(13-15-28)20-4-2-1-3-5-20/h6-11,16,20H,1-5,12-15H2. The molecule has 1 saturated heterocycles. The Morgan fingerprint density at radius 2 is 1.70 bits per heavy atom. The minimum Gasteiger partial charge on any atom is -0.355 e. The molecule has 3 aromatic rings. The van der Waals surface area contributed by atoms with Gasteiger partial charge in [0.25, 0.3) is 5.91 Å². The lowest BCUT2D eigenvalue weighted by Crippen LogP contribution is -2.52. The van der Waals surface area contributed by atoms with E-state index in [1.54, 1.807) is 0 Å². The highest BCUT2D eigenvalue weighted by atomic mass is 35.5. The summed E-state index contributed by atoms with van der Waals surface area (Å²) in [6.07, 6.45) is 6.69. The molecule has 5 rings (SSSR count). The van der Waals surface area contributed by atoms with Crippen molar-refractivity contribution in [1.82, 2.24) is 15.0 Å². The van der Waals surface area contributed by atoms with Crippen LogP contribution in [0.5, 0.6) is 0 Å². The normalized spacial score (nSPS) is 18.8. The zero-order chi connectivity index (χ0) is 20.5. The number of rotatable bonds is 3. The molecular weight excluding hydrogens is 398 g/mol. The van der Waals surface area contributed by atoms with Crippen molar-refractivity contribution in [1.29, 1.82) is 0 Å². The third-order valence-electron chi connectivity index (χ3n) is 6.52. The third kappa shape index (κ3) is 3.84. The van der Waals surface area contributed by atoms with E-state index in [0.717, 1.165) is 42.6 Å². The molecule has 5 nitrogen and oxygen atoms in total. The summed E-state index contributed by atoms with van der Waals surface area (Å²) in [4.78, 5) is 17.7. The van der Waals surface area contributed by atoms with Gasteiger partial charge in [-0.25, -0.2) is 0 Å². The van der Waals surface area contributed by atoms with E-state index in [2.05, 4.69) is 10.1 Å². The molecule has 2 aliphatic rings. The predicted molar refractivity (Wildman–Crippen MR) is 119 cm³/mol. The molecule has 0 radical (unpaired) electrons. The quantitative estimate of drug-likeness (QED) is 0.578. The van der Waals surface area contributed by atoms with E-state index in [-0.39, 0.29) is 5.91 Å². The first-order chi connectivity index (χ1) is 14.7. The first-order valence-electron chi connectivity index (χ1n) is 10.9. The number of nitrogens with zero attached hydrogens (tertiary/aromatic N) is 3. The Morgan fingerprint density at radius 3 is 2.43 bits per heavy atom. The van der Waals surface area contributed by atoms with E-state index in [1.165, 1.54) is 32.1 Å². The second-order valence-corrected chi connectivity index (χ2v) is 8.81. The van der Waals surface area contributed by atoms with Crippen LogP contribution in [-0.2, 0) is 0 Å². The molecule has 0 N–H and O–H groups in total. The van der Waals surface area contributed by atoms with Crippen molar-refractivity contribution in [3.63, 3.8) is 0 Å². The number of carbonyl (C=O) groups excluding carboxylic acids is 1. The van der Waals surface area contributed by atoms with Gasteiger partial charge in [0.15, 0.2) is 5.76 Å². The molecule has 1 aliphatic carbocycles. The number of fused-ring (bicyclic) bond motifs is 1. The highest BCUT2D eigenvalue weighted by molar-refractivity contribution is 6.30. The van der Waals surface area contributed by atoms with Crippen LogP contribution < -0.4 is 0 Å². The molecule has 0 spiro atoms. The molecule has 1 amide bonds. The Hall–Kier alpha value is -2.37. The van der Waals surface area contributed by atoms with Gasteiger partial charge in [0.1, 0.15) is 5.52 Å². The van der Waals surface area contributed by atoms with Gasteiger partial charge in [-0.3, -0.25) is 9.69 Å². The van der Waals surface area contributed by atoms with Gasteiger partial charge in [-0.1, -0.05) is 36.0 Å². The molecule has 0 unspecified atom stereocenters. The fraction of sp³-hybridized carbons (Fsp3) is 0.417. The lowest BCUT2D eigenvalue weighted by molar-refractivity contribution is 0.0523. The number of piperazine rings is 1. The molecule has 2 aromatic carbocycles. The van der Waals surface area contributed by atoms with Gasteiger partial charge < -0.3 is 9.42 Å². The number of amides is 1. The summed E-state index contributed by atoms with van der Waals surface area (Å²) in [6, 6.07) is 13.8. The van der Waals surface area contributed by atoms with Crippen molar-refractivity contribution >= 4 is 28.4 Å². The Morgan fingerprint density at radius 1 is 0.967 bits per heavy atom. The molecule has 6 heteroatoms. The van der Waals surface area contributed by atoms with E-state index in [9.17, 15) is 4.79 Å². The number of hydrogen-bond acceptors (Lipinski definition) is 4. The molecule has 2 fully saturated rings. The van der Waals surface area contributed by atoms with Gasteiger partial charge in [0.2, 0.25) is 0 Å². The van der Waals surface area contributed by atoms with Crippen LogP contribution in [0.1, 0.15) is 42.5 Å². The summed E-state index contributed by atoms with van der Waals surface area (Å²) in [5.74, 6) is 0.752. The average molecular weight is 424 g/mol. The number of hydrogen-bond donors (Lipinski definition) is 0. The highest BCUT2D eigenvalue weighted by Gasteiger charge is 2.27. The van der Waals surface area contributed by atoms with E-state index in [4.69, 9.17) is 16.1 Å². The van der Waals surface area contributed by atoms with Crippen molar-refractivity contribution in [2.45, 2.75) is 38.1 Å². The lowest BCUT2D eigenvalue weighted by atomic mass is 9.94. The minimum absolute atomic E-state index is 0.0865. The number of aromatic nitrogens is 1. The maximum Gasteiger partial charge on any atom is 0.253 e. The van der Waals surface area contributed by atoms with Crippen LogP contribution in [0.3, 0.4) is 0 Å². The summed E-state index contributed by atoms with van der Waals surface area (Å²) in [5, 5.41) is 5.68. The van der Waals surface area contributed by atoms with E-state index >= 15 is 0 Å². The van der Waals surface area contributed by atoms with Gasteiger partial charge in [0.05, 0.1) is 5.39 Å². The van der Waals surface area contributed by atoms with Gasteiger partial charge >= 0.3 is 0 Å². The maximum absolute atomic E-state index is 13.2. The summed E-state index contributed by atoms with van der Waals surface area (Å²) >= 11 is 6.00. The number of benzene rings is 2. The first-order valence-corrected chi connectivity index (χ1v) is 11.3. The number of halogens is 1. The lowest BCUT2D eigenvalue weighted by Gasteiger charge is -2.40. The Balaban J connectivity index is 1.33. The molecule has 1 aromatic heterocycles. The van der Waals surface area contributed by atoms with Crippen molar-refractivity contribution < 1.29 is 9.32 Å². The van der Waals surface area contributed by atoms with Crippen molar-refractivity contribution in [3.05, 3.63) is 53.1 Å². The van der Waals surface area contributed by atoms with Crippen LogP contribution in [-0.4, -0.2) is 53.1 Å². The Bertz CT molecular complexity index is 1030. The van der Waals surface area contributed by atoms with E-state index < -0.39 is 0 Å². The van der Waals surface area contributed by atoms with E-state index in [1.807, 2.05) is 47.4 Å². The molecule has 1 saturated carbocycles. The largest absolute Gasteiger partial charge is 0.355 e. The van der Waals surface area contributed by atoms with Crippen LogP contribution >= 0.6 is 11.6 Å². The van der Waals surface area contributed by atoms with Gasteiger partial charge in [0, 0.05) is 48.4 Å². The van der Waals surface area contributed by atoms with Crippen molar-refractivity contribution in [2.24, 2.45) is 0 Å². The molecule has 30 heavy (non-hydrogen) atoms. The van der Waals surface area contributed by atoms with Crippen LogP contribution in [0.2, 0.25) is 5.02 Å². The van der Waals surface area contributed by atoms with Gasteiger partial charge in [-0.15, -0.1) is 0 Å². The van der Waals surface area contributed by atoms with Crippen LogP contribution in [0.25, 0.3) is 22.2 Å². The molecule has 0 bridgehead atoms. The molecule has 0 atom stereocenters. The van der Waals surface area contributed by atoms with Crippen molar-refractivity contribution in [3.8, 4) is 11.3 Å². The Kier molecular flexibility index (Phi) is 5.48. The molecule has 156 valence electrons. The van der Waals surface area contributed by atoms with Gasteiger partial charge in [-0.2, -0.15) is 0 Å². The average Bonchev–Trinajstić information content (AvgIpc) is 3.23. The monoisotopic (exact) mass is 423 g/mol. The van der Waals surface area contributed by atoms with E-state index in [0.29, 0.717) is 22.4 Å². The summed E-state index contributed by atoms with van der Waals surface area (Å²) in [5.41, 5.74) is 2.33. The Labute approximate surface area is 181 Å². The predicted octanol–water partition coefficient (Wildman–Crippen LogP) is 5.24. The number of carbonyl (C=O) groups is 1. The van der Waals surface area contributed by atoms with Crippen LogP contribution in [0.15, 0.2) is 47.0 Å². The molecular formula is C24H26ClN3O2. The van der Waals surface area contributed by atoms with Crippen molar-refractivity contribution in [2.75, 3.05) is 26.2 Å². The second-order valence-electron chi connectivity index (χ2n) is 8.37. The molecule has 2 heterocycles. The third-order valence-corrected chi connectivity index (χ3v) is 6.77. The van der Waals surface area contributed by atoms with Crippen LogP contribution in [0.4, 0.5) is 0 Å². The zero-order valence-corrected chi connectivity index (χ0v) is 17.8. The zero-order valence-electron chi connectivity index (χ0n) is 17.0. The maximum atomic E-state index is 13.2. The van der Waals surface area contributed by atoms with Gasteiger partial charge in [-0.05, 0) is 55.3 Å². The SMILES string of the molecule is O=C(c1ccc2noc(-c3ccc(Cl)cc3)c2c1)N1CCN(C2CCCCC2)CC1. The van der Waals surface area contributed by atoms with Crippen LogP contribution in [0, 0.1) is 0 Å². The molecule has 1 aliphatic heterocycles.